The van der Waals surface area contributed by atoms with Crippen molar-refractivity contribution in [2.75, 3.05) is 27.2 Å². The summed E-state index contributed by atoms with van der Waals surface area (Å²) in [5, 5.41) is 17.3. The molecule has 2 N–H and O–H groups in total. The predicted octanol–water partition coefficient (Wildman–Crippen LogP) is 1.70. The van der Waals surface area contributed by atoms with Crippen LogP contribution in [-0.2, 0) is 13.1 Å². The smallest absolute Gasteiger partial charge is 0.0644 e. The average Bonchev–Trinajstić information content (AvgIpc) is 2.73. The second kappa shape index (κ2) is 8.09. The Labute approximate surface area is 134 Å². The minimum absolute atomic E-state index is 0.144. The van der Waals surface area contributed by atoms with Crippen LogP contribution in [0.3, 0.4) is 0 Å². The Morgan fingerprint density at radius 1 is 1.23 bits per heavy atom. The zero-order chi connectivity index (χ0) is 16.1. The Bertz CT molecular complexity index is 461. The lowest BCUT2D eigenvalue weighted by Crippen LogP contribution is -2.35. The van der Waals surface area contributed by atoms with Gasteiger partial charge in [-0.2, -0.15) is 5.10 Å². The minimum Gasteiger partial charge on any atom is -0.394 e. The molecule has 0 radical (unpaired) electrons. The molecule has 0 saturated heterocycles. The summed E-state index contributed by atoms with van der Waals surface area (Å²) in [6.07, 6.45) is 5.22. The summed E-state index contributed by atoms with van der Waals surface area (Å²) in [5.74, 6) is 0.865. The molecule has 0 unspecified atom stereocenters. The van der Waals surface area contributed by atoms with Gasteiger partial charge in [0.15, 0.2) is 0 Å². The fraction of sp³-hybridized carbons (Fsp3) is 0.824. The zero-order valence-electron chi connectivity index (χ0n) is 14.6. The highest BCUT2D eigenvalue weighted by molar-refractivity contribution is 5.24. The van der Waals surface area contributed by atoms with Crippen LogP contribution in [0.15, 0.2) is 0 Å². The van der Waals surface area contributed by atoms with Crippen molar-refractivity contribution >= 4 is 0 Å². The van der Waals surface area contributed by atoms with E-state index in [0.29, 0.717) is 12.6 Å². The monoisotopic (exact) mass is 308 g/mol. The normalized spacial score (nSPS) is 22.5. The van der Waals surface area contributed by atoms with E-state index in [4.69, 9.17) is 5.11 Å². The molecule has 2 rings (SSSR count). The van der Waals surface area contributed by atoms with Gasteiger partial charge in [0, 0.05) is 30.4 Å². The molecule has 22 heavy (non-hydrogen) atoms. The highest BCUT2D eigenvalue weighted by Gasteiger charge is 2.22. The first-order valence-electron chi connectivity index (χ1n) is 8.53. The fourth-order valence-corrected chi connectivity index (χ4v) is 3.61. The van der Waals surface area contributed by atoms with Gasteiger partial charge in [0.2, 0.25) is 0 Å². The van der Waals surface area contributed by atoms with Crippen molar-refractivity contribution < 1.29 is 5.11 Å². The number of aliphatic hydroxyl groups excluding tert-OH is 1. The molecule has 0 amide bonds. The molecule has 1 fully saturated rings. The molecule has 5 heteroatoms. The lowest BCUT2D eigenvalue weighted by atomic mass is 9.85. The van der Waals surface area contributed by atoms with E-state index >= 15 is 0 Å². The standard InChI is InChI=1S/C17H32N4O/c1-13-17(14(2)21(19-13)9-10-22)11-18-16-7-5-15(6-8-16)12-20(3)4/h15-16,18,22H,5-12H2,1-4H3. The Hall–Kier alpha value is -0.910. The van der Waals surface area contributed by atoms with E-state index < -0.39 is 0 Å². The maximum absolute atomic E-state index is 9.09. The van der Waals surface area contributed by atoms with Crippen LogP contribution >= 0.6 is 0 Å². The number of hydrogen-bond donors (Lipinski definition) is 2. The largest absolute Gasteiger partial charge is 0.394 e. The topological polar surface area (TPSA) is 53.3 Å². The van der Waals surface area contributed by atoms with Crippen LogP contribution in [0.1, 0.15) is 42.6 Å². The molecule has 1 saturated carbocycles. The number of nitrogens with one attached hydrogen (secondary N) is 1. The molecule has 1 aliphatic carbocycles. The highest BCUT2D eigenvalue weighted by atomic mass is 16.3. The van der Waals surface area contributed by atoms with E-state index in [9.17, 15) is 0 Å². The van der Waals surface area contributed by atoms with Crippen molar-refractivity contribution in [3.63, 3.8) is 0 Å². The molecule has 0 aromatic carbocycles. The summed E-state index contributed by atoms with van der Waals surface area (Å²) < 4.78 is 1.92. The lowest BCUT2D eigenvalue weighted by molar-refractivity contribution is 0.234. The number of hydrogen-bond acceptors (Lipinski definition) is 4. The van der Waals surface area contributed by atoms with Gasteiger partial charge < -0.3 is 15.3 Å². The predicted molar refractivity (Wildman–Crippen MR) is 89.9 cm³/mol. The third-order valence-electron chi connectivity index (χ3n) is 4.88. The molecule has 0 spiro atoms. The van der Waals surface area contributed by atoms with Gasteiger partial charge in [0.05, 0.1) is 18.8 Å². The van der Waals surface area contributed by atoms with Crippen LogP contribution in [0.2, 0.25) is 0 Å². The minimum atomic E-state index is 0.144. The Morgan fingerprint density at radius 2 is 1.91 bits per heavy atom. The third kappa shape index (κ3) is 4.54. The Kier molecular flexibility index (Phi) is 6.41. The van der Waals surface area contributed by atoms with Crippen molar-refractivity contribution in [1.29, 1.82) is 0 Å². The van der Waals surface area contributed by atoms with Gasteiger partial charge in [0.25, 0.3) is 0 Å². The van der Waals surface area contributed by atoms with Crippen LogP contribution < -0.4 is 5.32 Å². The van der Waals surface area contributed by atoms with E-state index in [1.54, 1.807) is 0 Å². The van der Waals surface area contributed by atoms with Gasteiger partial charge in [0.1, 0.15) is 0 Å². The molecular formula is C17H32N4O. The summed E-state index contributed by atoms with van der Waals surface area (Å²) in [4.78, 5) is 2.31. The molecule has 1 aromatic heterocycles. The van der Waals surface area contributed by atoms with Crippen LogP contribution in [-0.4, -0.2) is 53.1 Å². The van der Waals surface area contributed by atoms with E-state index in [1.807, 2.05) is 4.68 Å². The average molecular weight is 308 g/mol. The molecule has 0 bridgehead atoms. The molecular weight excluding hydrogens is 276 g/mol. The van der Waals surface area contributed by atoms with E-state index in [0.717, 1.165) is 18.2 Å². The molecule has 126 valence electrons. The summed E-state index contributed by atoms with van der Waals surface area (Å²) >= 11 is 0. The van der Waals surface area contributed by atoms with Crippen LogP contribution in [0.5, 0.6) is 0 Å². The van der Waals surface area contributed by atoms with Crippen LogP contribution in [0, 0.1) is 19.8 Å². The molecule has 1 heterocycles. The summed E-state index contributed by atoms with van der Waals surface area (Å²) in [6.45, 7) is 7.00. The number of aryl methyl sites for hydroxylation is 1. The van der Waals surface area contributed by atoms with Gasteiger partial charge in [-0.3, -0.25) is 4.68 Å². The Morgan fingerprint density at radius 3 is 2.50 bits per heavy atom. The van der Waals surface area contributed by atoms with Crippen LogP contribution in [0.25, 0.3) is 0 Å². The van der Waals surface area contributed by atoms with Crippen LogP contribution in [0.4, 0.5) is 0 Å². The van der Waals surface area contributed by atoms with Crippen molar-refractivity contribution in [3.05, 3.63) is 17.0 Å². The summed E-state index contributed by atoms with van der Waals surface area (Å²) in [5.41, 5.74) is 3.56. The van der Waals surface area contributed by atoms with Crippen molar-refractivity contribution in [2.45, 2.75) is 58.7 Å². The van der Waals surface area contributed by atoms with E-state index in [-0.39, 0.29) is 6.61 Å². The van der Waals surface area contributed by atoms with Gasteiger partial charge in [-0.05, 0) is 59.5 Å². The van der Waals surface area contributed by atoms with Crippen molar-refractivity contribution in [2.24, 2.45) is 5.92 Å². The van der Waals surface area contributed by atoms with Crippen molar-refractivity contribution in [3.8, 4) is 0 Å². The maximum Gasteiger partial charge on any atom is 0.0644 e. The second-order valence-corrected chi connectivity index (χ2v) is 6.96. The SMILES string of the molecule is Cc1nn(CCO)c(C)c1CNC1CCC(CN(C)C)CC1. The Balaban J connectivity index is 1.82. The molecule has 1 aliphatic rings. The van der Waals surface area contributed by atoms with E-state index in [2.05, 4.69) is 43.3 Å². The van der Waals surface area contributed by atoms with Gasteiger partial charge in [-0.25, -0.2) is 0 Å². The summed E-state index contributed by atoms with van der Waals surface area (Å²) in [6, 6.07) is 0.637. The van der Waals surface area contributed by atoms with Gasteiger partial charge in [-0.1, -0.05) is 0 Å². The number of aromatic nitrogens is 2. The molecule has 1 aromatic rings. The first-order valence-corrected chi connectivity index (χ1v) is 8.53. The maximum atomic E-state index is 9.09. The third-order valence-corrected chi connectivity index (χ3v) is 4.88. The quantitative estimate of drug-likeness (QED) is 0.805. The number of rotatable bonds is 7. The number of nitrogens with zero attached hydrogens (tertiary/aromatic N) is 3. The zero-order valence-corrected chi connectivity index (χ0v) is 14.6. The first-order chi connectivity index (χ1) is 10.5. The fourth-order valence-electron chi connectivity index (χ4n) is 3.61. The summed E-state index contributed by atoms with van der Waals surface area (Å²) in [7, 11) is 4.33. The van der Waals surface area contributed by atoms with E-state index in [1.165, 1.54) is 43.5 Å². The highest BCUT2D eigenvalue weighted by Crippen LogP contribution is 2.25. The van der Waals surface area contributed by atoms with Gasteiger partial charge >= 0.3 is 0 Å². The van der Waals surface area contributed by atoms with Crippen molar-refractivity contribution in [1.82, 2.24) is 20.0 Å². The van der Waals surface area contributed by atoms with Gasteiger partial charge in [-0.15, -0.1) is 0 Å². The first kappa shape index (κ1) is 17.4. The molecule has 0 atom stereocenters. The molecule has 0 aliphatic heterocycles. The molecule has 5 nitrogen and oxygen atoms in total. The second-order valence-electron chi connectivity index (χ2n) is 6.96. The lowest BCUT2D eigenvalue weighted by Gasteiger charge is -2.30. The number of aliphatic hydroxyl groups is 1.